The van der Waals surface area contributed by atoms with Gasteiger partial charge in [0.1, 0.15) is 0 Å². The molecule has 0 saturated heterocycles. The molecule has 0 aliphatic carbocycles. The van der Waals surface area contributed by atoms with Crippen LogP contribution in [-0.4, -0.2) is 0 Å². The minimum atomic E-state index is 0.881. The Morgan fingerprint density at radius 2 is 1.45 bits per heavy atom. The third-order valence-electron chi connectivity index (χ3n) is 3.36. The van der Waals surface area contributed by atoms with Crippen LogP contribution < -0.4 is 5.32 Å². The van der Waals surface area contributed by atoms with Crippen LogP contribution in [0.25, 0.3) is 10.8 Å². The summed E-state index contributed by atoms with van der Waals surface area (Å²) in [7, 11) is 0. The van der Waals surface area contributed by atoms with E-state index < -0.39 is 0 Å². The summed E-state index contributed by atoms with van der Waals surface area (Å²) in [5.41, 5.74) is 2.61. The predicted octanol–water partition coefficient (Wildman–Crippen LogP) is 4.89. The zero-order chi connectivity index (χ0) is 13.8. The lowest BCUT2D eigenvalue weighted by Crippen LogP contribution is -2.12. The van der Waals surface area contributed by atoms with Gasteiger partial charge in [-0.3, -0.25) is 0 Å². The van der Waals surface area contributed by atoms with Gasteiger partial charge >= 0.3 is 0 Å². The van der Waals surface area contributed by atoms with Crippen molar-refractivity contribution in [2.45, 2.75) is 13.1 Å². The van der Waals surface area contributed by atoms with E-state index >= 15 is 0 Å². The zero-order valence-corrected chi connectivity index (χ0v) is 12.7. The summed E-state index contributed by atoms with van der Waals surface area (Å²) in [6.07, 6.45) is 0. The molecule has 3 aromatic carbocycles. The van der Waals surface area contributed by atoms with Gasteiger partial charge in [-0.05, 0) is 40.1 Å². The van der Waals surface area contributed by atoms with E-state index in [1.165, 1.54) is 21.9 Å². The molecule has 3 rings (SSSR count). The van der Waals surface area contributed by atoms with E-state index in [0.29, 0.717) is 0 Å². The molecule has 2 heteroatoms. The molecule has 0 aromatic heterocycles. The van der Waals surface area contributed by atoms with Crippen LogP contribution in [0.2, 0.25) is 0 Å². The van der Waals surface area contributed by atoms with Crippen LogP contribution in [0, 0.1) is 0 Å². The van der Waals surface area contributed by atoms with Crippen molar-refractivity contribution in [2.24, 2.45) is 0 Å². The number of hydrogen-bond acceptors (Lipinski definition) is 1. The van der Waals surface area contributed by atoms with Gasteiger partial charge < -0.3 is 5.32 Å². The second-order valence-electron chi connectivity index (χ2n) is 4.91. The molecule has 0 bridgehead atoms. The smallest absolute Gasteiger partial charge is 0.0209 e. The highest BCUT2D eigenvalue weighted by atomic mass is 79.9. The van der Waals surface area contributed by atoms with Crippen molar-refractivity contribution >= 4 is 26.7 Å². The molecule has 100 valence electrons. The van der Waals surface area contributed by atoms with Crippen LogP contribution >= 0.6 is 15.9 Å². The molecule has 0 heterocycles. The van der Waals surface area contributed by atoms with Crippen molar-refractivity contribution in [3.63, 3.8) is 0 Å². The van der Waals surface area contributed by atoms with Crippen molar-refractivity contribution in [1.82, 2.24) is 5.32 Å². The van der Waals surface area contributed by atoms with E-state index in [4.69, 9.17) is 0 Å². The average Bonchev–Trinajstić information content (AvgIpc) is 2.47. The normalized spacial score (nSPS) is 10.8. The first-order chi connectivity index (χ1) is 9.81. The number of benzene rings is 3. The van der Waals surface area contributed by atoms with Crippen molar-refractivity contribution < 1.29 is 0 Å². The highest BCUT2D eigenvalue weighted by Gasteiger charge is 1.97. The van der Waals surface area contributed by atoms with Crippen LogP contribution in [0.15, 0.2) is 71.2 Å². The molecule has 0 spiro atoms. The molecule has 0 aliphatic heterocycles. The monoisotopic (exact) mass is 325 g/mol. The van der Waals surface area contributed by atoms with E-state index in [9.17, 15) is 0 Å². The molecule has 0 amide bonds. The lowest BCUT2D eigenvalue weighted by atomic mass is 10.1. The standard InChI is InChI=1S/C18H16BrN/c19-18-7-3-4-14(11-18)12-20-13-15-8-9-16-5-1-2-6-17(16)10-15/h1-11,20H,12-13H2. The molecule has 1 nitrogen and oxygen atoms in total. The van der Waals surface area contributed by atoms with Crippen LogP contribution in [0.3, 0.4) is 0 Å². The van der Waals surface area contributed by atoms with Crippen molar-refractivity contribution in [2.75, 3.05) is 0 Å². The average molecular weight is 326 g/mol. The molecular formula is C18H16BrN. The minimum absolute atomic E-state index is 0.881. The topological polar surface area (TPSA) is 12.0 Å². The Balaban J connectivity index is 1.65. The third kappa shape index (κ3) is 3.27. The SMILES string of the molecule is Brc1cccc(CNCc2ccc3ccccc3c2)c1. The third-order valence-corrected chi connectivity index (χ3v) is 3.85. The molecule has 0 radical (unpaired) electrons. The first kappa shape index (κ1) is 13.3. The summed E-state index contributed by atoms with van der Waals surface area (Å²) < 4.78 is 1.13. The molecule has 0 saturated carbocycles. The molecule has 1 N–H and O–H groups in total. The summed E-state index contributed by atoms with van der Waals surface area (Å²) in [5, 5.41) is 6.08. The second kappa shape index (κ2) is 6.21. The number of nitrogens with one attached hydrogen (secondary N) is 1. The fourth-order valence-electron chi connectivity index (χ4n) is 2.35. The van der Waals surface area contributed by atoms with Crippen LogP contribution in [0.1, 0.15) is 11.1 Å². The Morgan fingerprint density at radius 1 is 0.700 bits per heavy atom. The maximum atomic E-state index is 3.50. The van der Waals surface area contributed by atoms with Gasteiger partial charge in [0.05, 0.1) is 0 Å². The first-order valence-corrected chi connectivity index (χ1v) is 7.53. The van der Waals surface area contributed by atoms with E-state index in [2.05, 4.69) is 81.9 Å². The fraction of sp³-hybridized carbons (Fsp3) is 0.111. The highest BCUT2D eigenvalue weighted by Crippen LogP contribution is 2.16. The van der Waals surface area contributed by atoms with Crippen molar-refractivity contribution in [3.8, 4) is 0 Å². The quantitative estimate of drug-likeness (QED) is 0.720. The van der Waals surface area contributed by atoms with E-state index in [-0.39, 0.29) is 0 Å². The van der Waals surface area contributed by atoms with E-state index in [1.807, 2.05) is 6.07 Å². The Hall–Kier alpha value is -1.64. The Bertz CT molecular complexity index is 721. The lowest BCUT2D eigenvalue weighted by molar-refractivity contribution is 0.694. The molecule has 0 unspecified atom stereocenters. The van der Waals surface area contributed by atoms with Gasteiger partial charge in [0, 0.05) is 17.6 Å². The van der Waals surface area contributed by atoms with E-state index in [0.717, 1.165) is 17.6 Å². The Morgan fingerprint density at radius 3 is 2.25 bits per heavy atom. The highest BCUT2D eigenvalue weighted by molar-refractivity contribution is 9.10. The molecule has 20 heavy (non-hydrogen) atoms. The van der Waals surface area contributed by atoms with Gasteiger partial charge in [-0.2, -0.15) is 0 Å². The van der Waals surface area contributed by atoms with Crippen LogP contribution in [-0.2, 0) is 13.1 Å². The van der Waals surface area contributed by atoms with E-state index in [1.54, 1.807) is 0 Å². The molecule has 0 atom stereocenters. The summed E-state index contributed by atoms with van der Waals surface area (Å²) in [5.74, 6) is 0. The number of hydrogen-bond donors (Lipinski definition) is 1. The number of fused-ring (bicyclic) bond motifs is 1. The maximum absolute atomic E-state index is 3.50. The largest absolute Gasteiger partial charge is 0.309 e. The van der Waals surface area contributed by atoms with Gasteiger partial charge in [0.15, 0.2) is 0 Å². The van der Waals surface area contributed by atoms with Crippen LogP contribution in [0.5, 0.6) is 0 Å². The van der Waals surface area contributed by atoms with Gasteiger partial charge in [-0.15, -0.1) is 0 Å². The summed E-state index contributed by atoms with van der Waals surface area (Å²) in [6, 6.07) is 23.5. The molecule has 0 fully saturated rings. The zero-order valence-electron chi connectivity index (χ0n) is 11.1. The number of rotatable bonds is 4. The molecule has 0 aliphatic rings. The maximum Gasteiger partial charge on any atom is 0.0209 e. The Kier molecular flexibility index (Phi) is 4.14. The predicted molar refractivity (Wildman–Crippen MR) is 88.6 cm³/mol. The second-order valence-corrected chi connectivity index (χ2v) is 5.83. The molecule has 3 aromatic rings. The summed E-state index contributed by atoms with van der Waals surface area (Å²) in [6.45, 7) is 1.77. The first-order valence-electron chi connectivity index (χ1n) is 6.74. The summed E-state index contributed by atoms with van der Waals surface area (Å²) >= 11 is 3.50. The molecular weight excluding hydrogens is 310 g/mol. The fourth-order valence-corrected chi connectivity index (χ4v) is 2.79. The lowest BCUT2D eigenvalue weighted by Gasteiger charge is -2.07. The Labute approximate surface area is 127 Å². The summed E-state index contributed by atoms with van der Waals surface area (Å²) in [4.78, 5) is 0. The minimum Gasteiger partial charge on any atom is -0.309 e. The van der Waals surface area contributed by atoms with Gasteiger partial charge in [0.2, 0.25) is 0 Å². The van der Waals surface area contributed by atoms with Crippen LogP contribution in [0.4, 0.5) is 0 Å². The van der Waals surface area contributed by atoms with Crippen molar-refractivity contribution in [1.29, 1.82) is 0 Å². The number of halogens is 1. The van der Waals surface area contributed by atoms with Gasteiger partial charge in [-0.1, -0.05) is 64.5 Å². The van der Waals surface area contributed by atoms with Gasteiger partial charge in [-0.25, -0.2) is 0 Å². The van der Waals surface area contributed by atoms with Gasteiger partial charge in [0.25, 0.3) is 0 Å². The van der Waals surface area contributed by atoms with Crippen molar-refractivity contribution in [3.05, 3.63) is 82.3 Å².